The summed E-state index contributed by atoms with van der Waals surface area (Å²) in [5.41, 5.74) is 7.80. The largest absolute Gasteiger partial charge is 0.489 e. The van der Waals surface area contributed by atoms with Crippen LogP contribution in [0, 0.1) is 0 Å². The standard InChI is InChI=1S/C14H14BrClN2O/c1-9(17)12-6-11(15)2-3-14(12)19-8-10-4-5-18-7-13(10)16/h2-7,9H,8,17H2,1H3/t9-/m1/s1. The van der Waals surface area contributed by atoms with Gasteiger partial charge in [0.15, 0.2) is 0 Å². The van der Waals surface area contributed by atoms with Gasteiger partial charge in [0.05, 0.1) is 5.02 Å². The Labute approximate surface area is 125 Å². The van der Waals surface area contributed by atoms with Crippen LogP contribution < -0.4 is 10.5 Å². The average Bonchev–Trinajstić information content (AvgIpc) is 2.38. The molecule has 5 heteroatoms. The van der Waals surface area contributed by atoms with E-state index in [0.717, 1.165) is 21.3 Å². The number of aromatic nitrogens is 1. The summed E-state index contributed by atoms with van der Waals surface area (Å²) in [5, 5.41) is 0.599. The summed E-state index contributed by atoms with van der Waals surface area (Å²) in [6.45, 7) is 2.32. The van der Waals surface area contributed by atoms with Crippen LogP contribution in [0.5, 0.6) is 5.75 Å². The Bertz CT molecular complexity index is 575. The maximum absolute atomic E-state index is 6.04. The van der Waals surface area contributed by atoms with Crippen molar-refractivity contribution in [3.05, 3.63) is 57.3 Å². The minimum Gasteiger partial charge on any atom is -0.489 e. The maximum Gasteiger partial charge on any atom is 0.124 e. The van der Waals surface area contributed by atoms with E-state index in [0.29, 0.717) is 11.6 Å². The fraction of sp³-hybridized carbons (Fsp3) is 0.214. The van der Waals surface area contributed by atoms with Crippen LogP contribution in [0.1, 0.15) is 24.1 Å². The molecule has 0 saturated carbocycles. The molecule has 1 aromatic heterocycles. The molecule has 19 heavy (non-hydrogen) atoms. The van der Waals surface area contributed by atoms with E-state index in [1.54, 1.807) is 12.4 Å². The van der Waals surface area contributed by atoms with E-state index in [1.165, 1.54) is 0 Å². The molecule has 1 heterocycles. The number of pyridine rings is 1. The fourth-order valence-corrected chi connectivity index (χ4v) is 2.24. The number of hydrogen-bond acceptors (Lipinski definition) is 3. The average molecular weight is 342 g/mol. The van der Waals surface area contributed by atoms with Gasteiger partial charge in [-0.1, -0.05) is 27.5 Å². The second-order valence-corrected chi connectivity index (χ2v) is 5.55. The Hall–Kier alpha value is -1.10. The van der Waals surface area contributed by atoms with Crippen molar-refractivity contribution >= 4 is 27.5 Å². The van der Waals surface area contributed by atoms with Gasteiger partial charge in [-0.25, -0.2) is 0 Å². The lowest BCUT2D eigenvalue weighted by molar-refractivity contribution is 0.301. The van der Waals surface area contributed by atoms with Crippen LogP contribution in [0.15, 0.2) is 41.1 Å². The van der Waals surface area contributed by atoms with E-state index in [9.17, 15) is 0 Å². The summed E-state index contributed by atoms with van der Waals surface area (Å²) in [7, 11) is 0. The van der Waals surface area contributed by atoms with Crippen molar-refractivity contribution in [3.8, 4) is 5.75 Å². The Morgan fingerprint density at radius 1 is 1.42 bits per heavy atom. The molecule has 0 aliphatic rings. The van der Waals surface area contributed by atoms with Gasteiger partial charge in [-0.05, 0) is 31.2 Å². The second kappa shape index (κ2) is 6.37. The van der Waals surface area contributed by atoms with E-state index in [2.05, 4.69) is 20.9 Å². The number of benzene rings is 1. The van der Waals surface area contributed by atoms with Crippen molar-refractivity contribution in [2.75, 3.05) is 0 Å². The van der Waals surface area contributed by atoms with E-state index < -0.39 is 0 Å². The molecule has 2 N–H and O–H groups in total. The van der Waals surface area contributed by atoms with Gasteiger partial charge in [0, 0.05) is 34.0 Å². The number of hydrogen-bond donors (Lipinski definition) is 1. The molecular weight excluding hydrogens is 328 g/mol. The highest BCUT2D eigenvalue weighted by Gasteiger charge is 2.10. The zero-order chi connectivity index (χ0) is 13.8. The molecule has 0 unspecified atom stereocenters. The summed E-state index contributed by atoms with van der Waals surface area (Å²) < 4.78 is 6.79. The van der Waals surface area contributed by atoms with E-state index in [-0.39, 0.29) is 6.04 Å². The van der Waals surface area contributed by atoms with Crippen molar-refractivity contribution in [2.45, 2.75) is 19.6 Å². The van der Waals surface area contributed by atoms with Crippen LogP contribution in [0.4, 0.5) is 0 Å². The summed E-state index contributed by atoms with van der Waals surface area (Å²) >= 11 is 9.48. The number of rotatable bonds is 4. The topological polar surface area (TPSA) is 48.1 Å². The number of nitrogens with two attached hydrogens (primary N) is 1. The van der Waals surface area contributed by atoms with Gasteiger partial charge in [0.1, 0.15) is 12.4 Å². The molecule has 0 amide bonds. The highest BCUT2D eigenvalue weighted by molar-refractivity contribution is 9.10. The molecule has 2 rings (SSSR count). The first-order valence-corrected chi connectivity index (χ1v) is 7.01. The lowest BCUT2D eigenvalue weighted by atomic mass is 10.1. The predicted molar refractivity (Wildman–Crippen MR) is 80.3 cm³/mol. The van der Waals surface area contributed by atoms with Crippen molar-refractivity contribution in [1.29, 1.82) is 0 Å². The van der Waals surface area contributed by atoms with E-state index in [4.69, 9.17) is 22.1 Å². The number of halogens is 2. The van der Waals surface area contributed by atoms with Crippen LogP contribution in [0.3, 0.4) is 0 Å². The first-order valence-electron chi connectivity index (χ1n) is 5.84. The van der Waals surface area contributed by atoms with Crippen LogP contribution in [0.2, 0.25) is 5.02 Å². The normalized spacial score (nSPS) is 12.2. The quantitative estimate of drug-likeness (QED) is 0.911. The summed E-state index contributed by atoms with van der Waals surface area (Å²) in [4.78, 5) is 3.94. The highest BCUT2D eigenvalue weighted by Crippen LogP contribution is 2.28. The van der Waals surface area contributed by atoms with Crippen LogP contribution >= 0.6 is 27.5 Å². The fourth-order valence-electron chi connectivity index (χ4n) is 1.68. The van der Waals surface area contributed by atoms with Crippen molar-refractivity contribution in [1.82, 2.24) is 4.98 Å². The van der Waals surface area contributed by atoms with Gasteiger partial charge in [0.25, 0.3) is 0 Å². The first-order chi connectivity index (χ1) is 9.08. The Morgan fingerprint density at radius 3 is 2.89 bits per heavy atom. The molecule has 0 radical (unpaired) electrons. The lowest BCUT2D eigenvalue weighted by Crippen LogP contribution is -2.08. The molecule has 0 spiro atoms. The van der Waals surface area contributed by atoms with Crippen LogP contribution in [0.25, 0.3) is 0 Å². The van der Waals surface area contributed by atoms with Crippen molar-refractivity contribution in [3.63, 3.8) is 0 Å². The zero-order valence-corrected chi connectivity index (χ0v) is 12.8. The van der Waals surface area contributed by atoms with Gasteiger partial charge >= 0.3 is 0 Å². The number of ether oxygens (including phenoxy) is 1. The second-order valence-electron chi connectivity index (χ2n) is 4.23. The molecule has 0 aliphatic heterocycles. The summed E-state index contributed by atoms with van der Waals surface area (Å²) in [6.07, 6.45) is 3.30. The Morgan fingerprint density at radius 2 is 2.21 bits per heavy atom. The monoisotopic (exact) mass is 340 g/mol. The molecule has 1 atom stereocenters. The Kier molecular flexibility index (Phi) is 4.80. The smallest absolute Gasteiger partial charge is 0.124 e. The Balaban J connectivity index is 2.18. The molecule has 2 aromatic rings. The summed E-state index contributed by atoms with van der Waals surface area (Å²) in [6, 6.07) is 7.54. The molecule has 3 nitrogen and oxygen atoms in total. The predicted octanol–water partition coefficient (Wildman–Crippen LogP) is 4.10. The van der Waals surface area contributed by atoms with Crippen LogP contribution in [-0.4, -0.2) is 4.98 Å². The first kappa shape index (κ1) is 14.3. The number of nitrogens with zero attached hydrogens (tertiary/aromatic N) is 1. The van der Waals surface area contributed by atoms with Crippen LogP contribution in [-0.2, 0) is 6.61 Å². The summed E-state index contributed by atoms with van der Waals surface area (Å²) in [5.74, 6) is 0.770. The molecule has 0 saturated heterocycles. The molecular formula is C14H14BrClN2O. The van der Waals surface area contributed by atoms with Gasteiger partial charge < -0.3 is 10.5 Å². The molecule has 1 aromatic carbocycles. The van der Waals surface area contributed by atoms with Gasteiger partial charge in [-0.3, -0.25) is 4.98 Å². The molecule has 0 bridgehead atoms. The molecule has 100 valence electrons. The van der Waals surface area contributed by atoms with Crippen molar-refractivity contribution < 1.29 is 4.74 Å². The third kappa shape index (κ3) is 3.69. The van der Waals surface area contributed by atoms with E-state index in [1.807, 2.05) is 31.2 Å². The minimum absolute atomic E-state index is 0.0968. The molecule has 0 aliphatic carbocycles. The maximum atomic E-state index is 6.04. The molecule has 0 fully saturated rings. The van der Waals surface area contributed by atoms with E-state index >= 15 is 0 Å². The van der Waals surface area contributed by atoms with Gasteiger partial charge in [-0.15, -0.1) is 0 Å². The van der Waals surface area contributed by atoms with Crippen molar-refractivity contribution in [2.24, 2.45) is 5.73 Å². The zero-order valence-electron chi connectivity index (χ0n) is 10.4. The third-order valence-electron chi connectivity index (χ3n) is 2.70. The van der Waals surface area contributed by atoms with Gasteiger partial charge in [-0.2, -0.15) is 0 Å². The minimum atomic E-state index is -0.0968. The highest BCUT2D eigenvalue weighted by atomic mass is 79.9. The van der Waals surface area contributed by atoms with Gasteiger partial charge in [0.2, 0.25) is 0 Å². The lowest BCUT2D eigenvalue weighted by Gasteiger charge is -2.15. The third-order valence-corrected chi connectivity index (χ3v) is 3.54. The SMILES string of the molecule is C[C@@H](N)c1cc(Br)ccc1OCc1ccncc1Cl.